The van der Waals surface area contributed by atoms with Gasteiger partial charge >= 0.3 is 12.0 Å². The molecule has 0 bridgehead atoms. The summed E-state index contributed by atoms with van der Waals surface area (Å²) in [5, 5.41) is 5.45. The van der Waals surface area contributed by atoms with Crippen LogP contribution in [0.25, 0.3) is 0 Å². The zero-order valence-corrected chi connectivity index (χ0v) is 24.6. The zero-order valence-electron chi connectivity index (χ0n) is 24.6. The number of aromatic nitrogens is 1. The predicted octanol–water partition coefficient (Wildman–Crippen LogP) is 4.01. The van der Waals surface area contributed by atoms with Gasteiger partial charge in [0.1, 0.15) is 17.0 Å². The third kappa shape index (κ3) is 6.37. The fourth-order valence-electron chi connectivity index (χ4n) is 4.70. The number of quaternary nitrogens is 1. The maximum atomic E-state index is 15.2. The molecule has 2 unspecified atom stereocenters. The number of hydrogen-bond donors (Lipinski definition) is 2. The van der Waals surface area contributed by atoms with E-state index in [9.17, 15) is 14.4 Å². The number of halogens is 1. The van der Waals surface area contributed by atoms with E-state index in [0.29, 0.717) is 24.3 Å². The Labute approximate surface area is 244 Å². The number of likely N-dealkylation sites (N-methyl/N-ethyl adjacent to an activating group) is 2. The summed E-state index contributed by atoms with van der Waals surface area (Å²) >= 11 is 0. The van der Waals surface area contributed by atoms with Gasteiger partial charge in [0.05, 0.1) is 18.3 Å². The van der Waals surface area contributed by atoms with Crippen molar-refractivity contribution in [2.45, 2.75) is 32.5 Å². The summed E-state index contributed by atoms with van der Waals surface area (Å²) < 4.78 is 20.0. The molecule has 1 aliphatic heterocycles. The molecule has 0 aliphatic carbocycles. The van der Waals surface area contributed by atoms with Gasteiger partial charge in [0, 0.05) is 30.9 Å². The van der Waals surface area contributed by atoms with Crippen LogP contribution in [0.15, 0.2) is 71.9 Å². The molecule has 0 spiro atoms. The first-order valence-corrected chi connectivity index (χ1v) is 13.5. The molecular weight excluding hydrogens is 539 g/mol. The Morgan fingerprint density at radius 3 is 2.36 bits per heavy atom. The zero-order chi connectivity index (χ0) is 30.7. The normalized spacial score (nSPS) is 18.5. The highest BCUT2D eigenvalue weighted by Gasteiger charge is 2.50. The van der Waals surface area contributed by atoms with Gasteiger partial charge in [-0.25, -0.2) is 24.0 Å². The Morgan fingerprint density at radius 1 is 1.02 bits per heavy atom. The quantitative estimate of drug-likeness (QED) is 0.412. The summed E-state index contributed by atoms with van der Waals surface area (Å²) in [6.07, 6.45) is -0.901. The van der Waals surface area contributed by atoms with Gasteiger partial charge in [0.25, 0.3) is 11.7 Å². The third-order valence-electron chi connectivity index (χ3n) is 6.66. The number of pyridine rings is 1. The van der Waals surface area contributed by atoms with E-state index < -0.39 is 40.0 Å². The average Bonchev–Trinajstić information content (AvgIpc) is 3.02. The summed E-state index contributed by atoms with van der Waals surface area (Å²) in [7, 11) is 5.38. The van der Waals surface area contributed by atoms with Crippen LogP contribution >= 0.6 is 0 Å². The van der Waals surface area contributed by atoms with E-state index in [1.165, 1.54) is 12.3 Å². The van der Waals surface area contributed by atoms with E-state index in [-0.39, 0.29) is 22.7 Å². The standard InChI is InChI=1S/C31H35FN6O4/c1-31(2,3)42-30(41)36-26-29(40)38(6,27-22(14-11-17-33-27)28(39)34-18-19-37(4)5)24-16-10-8-13-21(24)25(35-26)20-12-7-9-15-23(20)32/h7-17,26H,18-19H2,1-6H3,(H-,34,36,39,41)/p+1. The molecule has 2 heterocycles. The summed E-state index contributed by atoms with van der Waals surface area (Å²) in [5.74, 6) is -1.47. The van der Waals surface area contributed by atoms with E-state index in [0.717, 1.165) is 0 Å². The third-order valence-corrected chi connectivity index (χ3v) is 6.66. The number of nitrogens with zero attached hydrogens (tertiary/aromatic N) is 4. The molecule has 0 radical (unpaired) electrons. The van der Waals surface area contributed by atoms with Crippen LogP contribution in [0.5, 0.6) is 0 Å². The van der Waals surface area contributed by atoms with Crippen molar-refractivity contribution in [3.05, 3.63) is 89.4 Å². The Bertz CT molecular complexity index is 1530. The first-order valence-electron chi connectivity index (χ1n) is 13.5. The molecule has 0 saturated carbocycles. The minimum atomic E-state index is -1.52. The molecule has 11 heteroatoms. The molecule has 2 atom stereocenters. The fraction of sp³-hybridized carbons (Fsp3) is 0.323. The second-order valence-electron chi connectivity index (χ2n) is 11.3. The van der Waals surface area contributed by atoms with Gasteiger partial charge in [0.15, 0.2) is 5.69 Å². The van der Waals surface area contributed by atoms with Gasteiger partial charge in [-0.1, -0.05) is 24.3 Å². The van der Waals surface area contributed by atoms with Gasteiger partial charge in [-0.05, 0) is 65.2 Å². The van der Waals surface area contributed by atoms with Gasteiger partial charge < -0.3 is 15.0 Å². The van der Waals surface area contributed by atoms with Crippen LogP contribution in [0, 0.1) is 5.82 Å². The average molecular weight is 576 g/mol. The Kier molecular flexibility index (Phi) is 8.83. The van der Waals surface area contributed by atoms with E-state index >= 15 is 4.39 Å². The number of para-hydroxylation sites is 1. The molecule has 1 aliphatic rings. The molecule has 42 heavy (non-hydrogen) atoms. The lowest BCUT2D eigenvalue weighted by molar-refractivity contribution is -0.128. The number of alkyl carbamates (subject to hydrolysis) is 1. The fourth-order valence-corrected chi connectivity index (χ4v) is 4.70. The van der Waals surface area contributed by atoms with Crippen LogP contribution in [-0.4, -0.2) is 79.5 Å². The van der Waals surface area contributed by atoms with E-state index in [1.54, 1.807) is 82.4 Å². The SMILES string of the molecule is CN(C)CCNC(=O)c1cccnc1[N+]1(C)C(=O)C(NC(=O)OC(C)(C)C)N=C(c2ccccc2F)c2ccccc21. The monoisotopic (exact) mass is 575 g/mol. The molecule has 0 fully saturated rings. The van der Waals surface area contributed by atoms with Crippen molar-refractivity contribution < 1.29 is 23.5 Å². The largest absolute Gasteiger partial charge is 0.444 e. The van der Waals surface area contributed by atoms with Crippen LogP contribution in [0.3, 0.4) is 0 Å². The number of hydrogen-bond acceptors (Lipinski definition) is 7. The smallest absolute Gasteiger partial charge is 0.409 e. The van der Waals surface area contributed by atoms with Crippen molar-refractivity contribution in [3.8, 4) is 0 Å². The van der Waals surface area contributed by atoms with Crippen LogP contribution < -0.4 is 15.1 Å². The molecule has 3 aromatic rings. The lowest BCUT2D eigenvalue weighted by atomic mass is 9.98. The molecule has 1 aromatic heterocycles. The van der Waals surface area contributed by atoms with Gasteiger partial charge in [0.2, 0.25) is 6.17 Å². The number of rotatable bonds is 7. The van der Waals surface area contributed by atoms with E-state index in [4.69, 9.17) is 4.74 Å². The predicted molar refractivity (Wildman–Crippen MR) is 159 cm³/mol. The van der Waals surface area contributed by atoms with Gasteiger partial charge in [-0.2, -0.15) is 4.48 Å². The molecule has 10 nitrogen and oxygen atoms in total. The lowest BCUT2D eigenvalue weighted by Gasteiger charge is -2.32. The first kappa shape index (κ1) is 30.5. The van der Waals surface area contributed by atoms with Crippen molar-refractivity contribution in [2.75, 3.05) is 34.2 Å². The second-order valence-corrected chi connectivity index (χ2v) is 11.3. The number of benzene rings is 2. The lowest BCUT2D eigenvalue weighted by Crippen LogP contribution is -2.56. The first-order chi connectivity index (χ1) is 19.8. The van der Waals surface area contributed by atoms with Crippen molar-refractivity contribution in [1.29, 1.82) is 0 Å². The number of ether oxygens (including phenoxy) is 1. The maximum Gasteiger partial charge on any atom is 0.409 e. The highest BCUT2D eigenvalue weighted by Crippen LogP contribution is 2.40. The van der Waals surface area contributed by atoms with Crippen LogP contribution in [0.2, 0.25) is 0 Å². The summed E-state index contributed by atoms with van der Waals surface area (Å²) in [6, 6.07) is 16.2. The van der Waals surface area contributed by atoms with Crippen molar-refractivity contribution >= 4 is 35.1 Å². The highest BCUT2D eigenvalue weighted by molar-refractivity contribution is 6.20. The molecule has 2 aromatic carbocycles. The Balaban J connectivity index is 1.93. The second kappa shape index (κ2) is 12.2. The van der Waals surface area contributed by atoms with Crippen LogP contribution in [-0.2, 0) is 9.53 Å². The molecule has 3 amide bonds. The molecule has 0 saturated heterocycles. The number of aliphatic imine (C=N–C) groups is 1. The minimum absolute atomic E-state index is 0.123. The number of carbonyl (C=O) groups excluding carboxylic acids is 3. The topological polar surface area (TPSA) is 113 Å². The van der Waals surface area contributed by atoms with Gasteiger partial charge in [-0.3, -0.25) is 10.1 Å². The summed E-state index contributed by atoms with van der Waals surface area (Å²) in [5.41, 5.74) is 0.469. The minimum Gasteiger partial charge on any atom is -0.444 e. The number of nitrogens with one attached hydrogen (secondary N) is 2. The summed E-state index contributed by atoms with van der Waals surface area (Å²) in [6.45, 7) is 6.07. The summed E-state index contributed by atoms with van der Waals surface area (Å²) in [4.78, 5) is 52.1. The maximum absolute atomic E-state index is 15.2. The van der Waals surface area contributed by atoms with Crippen molar-refractivity contribution in [2.24, 2.45) is 4.99 Å². The number of carbonyl (C=O) groups is 3. The molecule has 2 N–H and O–H groups in total. The Morgan fingerprint density at radius 2 is 1.69 bits per heavy atom. The number of benzodiazepines with no additional fused rings is 1. The van der Waals surface area contributed by atoms with Crippen molar-refractivity contribution in [1.82, 2.24) is 25.0 Å². The van der Waals surface area contributed by atoms with Crippen LogP contribution in [0.4, 0.5) is 20.7 Å². The molecule has 4 rings (SSSR count). The van der Waals surface area contributed by atoms with Crippen LogP contribution in [0.1, 0.15) is 42.3 Å². The number of amides is 3. The van der Waals surface area contributed by atoms with E-state index in [2.05, 4.69) is 20.6 Å². The molecule has 220 valence electrons. The van der Waals surface area contributed by atoms with E-state index in [1.807, 2.05) is 19.0 Å². The Hall–Kier alpha value is -4.48. The van der Waals surface area contributed by atoms with Crippen molar-refractivity contribution in [3.63, 3.8) is 0 Å². The molecular formula is C31H36FN6O4+. The number of fused-ring (bicyclic) bond motifs is 1. The highest BCUT2D eigenvalue weighted by atomic mass is 19.1. The van der Waals surface area contributed by atoms with Gasteiger partial charge in [-0.15, -0.1) is 0 Å².